The van der Waals surface area contributed by atoms with Gasteiger partial charge in [-0.25, -0.2) is 9.37 Å². The SMILES string of the molecule is CCC(C)(C#Cc1cc2c(cc1F)C1CC(C1)n1c-2nc(C(N)=O)c1CN1CCOCC1)OC. The summed E-state index contributed by atoms with van der Waals surface area (Å²) in [6.45, 7) is 7.38. The van der Waals surface area contributed by atoms with Crippen molar-refractivity contribution in [2.24, 2.45) is 5.73 Å². The summed E-state index contributed by atoms with van der Waals surface area (Å²) in [4.78, 5) is 19.4. The fourth-order valence-electron chi connectivity index (χ4n) is 5.12. The number of nitrogens with two attached hydrogens (primary N) is 1. The van der Waals surface area contributed by atoms with Gasteiger partial charge in [0.25, 0.3) is 5.91 Å². The molecule has 1 unspecified atom stereocenters. The summed E-state index contributed by atoms with van der Waals surface area (Å²) in [5.74, 6) is 6.15. The van der Waals surface area contributed by atoms with E-state index in [4.69, 9.17) is 20.2 Å². The third kappa shape index (κ3) is 3.92. The van der Waals surface area contributed by atoms with E-state index in [0.29, 0.717) is 43.3 Å². The largest absolute Gasteiger partial charge is 0.379 e. The molecule has 3 aliphatic heterocycles. The zero-order valence-electron chi connectivity index (χ0n) is 20.0. The lowest BCUT2D eigenvalue weighted by Crippen LogP contribution is -2.37. The van der Waals surface area contributed by atoms with Gasteiger partial charge in [0, 0.05) is 38.3 Å². The maximum Gasteiger partial charge on any atom is 0.269 e. The van der Waals surface area contributed by atoms with Crippen LogP contribution < -0.4 is 5.73 Å². The van der Waals surface area contributed by atoms with Gasteiger partial charge in [-0.2, -0.15) is 0 Å². The predicted octanol–water partition coefficient (Wildman–Crippen LogP) is 3.22. The molecular formula is C26H31FN4O3. The minimum atomic E-state index is -0.649. The highest BCUT2D eigenvalue weighted by Gasteiger charge is 2.41. The molecule has 6 rings (SSSR count). The van der Waals surface area contributed by atoms with E-state index in [2.05, 4.69) is 21.3 Å². The Morgan fingerprint density at radius 3 is 2.74 bits per heavy atom. The van der Waals surface area contributed by atoms with E-state index in [1.807, 2.05) is 13.8 Å². The third-order valence-corrected chi connectivity index (χ3v) is 7.61. The molecule has 0 spiro atoms. The number of rotatable bonds is 5. The number of nitrogens with zero attached hydrogens (tertiary/aromatic N) is 3. The molecule has 34 heavy (non-hydrogen) atoms. The maximum absolute atomic E-state index is 15.1. The molecule has 4 aliphatic rings. The number of aromatic nitrogens is 2. The minimum absolute atomic E-state index is 0.221. The van der Waals surface area contributed by atoms with E-state index in [1.165, 1.54) is 0 Å². The van der Waals surface area contributed by atoms with Gasteiger partial charge in [0.2, 0.25) is 0 Å². The summed E-state index contributed by atoms with van der Waals surface area (Å²) < 4.78 is 28.3. The molecule has 1 amide bonds. The topological polar surface area (TPSA) is 82.6 Å². The lowest BCUT2D eigenvalue weighted by Gasteiger charge is -2.36. The number of benzene rings is 1. The molecule has 1 aromatic carbocycles. The number of amides is 1. The van der Waals surface area contributed by atoms with Gasteiger partial charge in [0.05, 0.1) is 24.5 Å². The summed E-state index contributed by atoms with van der Waals surface area (Å²) in [5.41, 5.74) is 8.34. The summed E-state index contributed by atoms with van der Waals surface area (Å²) in [7, 11) is 1.61. The molecule has 180 valence electrons. The second-order valence-corrected chi connectivity index (χ2v) is 9.63. The van der Waals surface area contributed by atoms with Crippen LogP contribution in [0.25, 0.3) is 11.4 Å². The van der Waals surface area contributed by atoms with Crippen molar-refractivity contribution in [3.63, 3.8) is 0 Å². The van der Waals surface area contributed by atoms with Gasteiger partial charge in [-0.15, -0.1) is 0 Å². The number of imidazole rings is 1. The van der Waals surface area contributed by atoms with Crippen LogP contribution in [0.5, 0.6) is 0 Å². The quantitative estimate of drug-likeness (QED) is 0.685. The molecule has 4 heterocycles. The first kappa shape index (κ1) is 23.0. The molecular weight excluding hydrogens is 435 g/mol. The summed E-state index contributed by atoms with van der Waals surface area (Å²) in [5, 5.41) is 0. The lowest BCUT2D eigenvalue weighted by atomic mass is 9.75. The van der Waals surface area contributed by atoms with Crippen LogP contribution in [0.3, 0.4) is 0 Å². The van der Waals surface area contributed by atoms with Crippen LogP contribution in [0, 0.1) is 17.7 Å². The van der Waals surface area contributed by atoms with Crippen molar-refractivity contribution in [3.05, 3.63) is 40.5 Å². The van der Waals surface area contributed by atoms with Crippen LogP contribution in [0.4, 0.5) is 4.39 Å². The predicted molar refractivity (Wildman–Crippen MR) is 126 cm³/mol. The van der Waals surface area contributed by atoms with Gasteiger partial charge in [-0.3, -0.25) is 9.69 Å². The number of carbonyl (C=O) groups excluding carboxylic acids is 1. The highest BCUT2D eigenvalue weighted by Crippen LogP contribution is 2.53. The normalized spacial score (nSPS) is 22.9. The van der Waals surface area contributed by atoms with Crippen molar-refractivity contribution in [1.82, 2.24) is 14.5 Å². The van der Waals surface area contributed by atoms with E-state index in [-0.39, 0.29) is 17.8 Å². The fourth-order valence-corrected chi connectivity index (χ4v) is 5.12. The van der Waals surface area contributed by atoms with Crippen molar-refractivity contribution >= 4 is 5.91 Å². The molecule has 1 aromatic heterocycles. The molecule has 1 saturated heterocycles. The van der Waals surface area contributed by atoms with E-state index >= 15 is 4.39 Å². The zero-order chi connectivity index (χ0) is 24.0. The van der Waals surface area contributed by atoms with Crippen molar-refractivity contribution in [3.8, 4) is 23.2 Å². The van der Waals surface area contributed by atoms with Gasteiger partial charge in [0.15, 0.2) is 5.69 Å². The van der Waals surface area contributed by atoms with Crippen LogP contribution in [0.15, 0.2) is 12.1 Å². The first-order valence-electron chi connectivity index (χ1n) is 12.0. The van der Waals surface area contributed by atoms with Crippen LogP contribution in [-0.2, 0) is 16.0 Å². The average Bonchev–Trinajstić information content (AvgIpc) is 3.04. The Balaban J connectivity index is 1.63. The van der Waals surface area contributed by atoms with Crippen molar-refractivity contribution in [2.45, 2.75) is 57.2 Å². The second kappa shape index (κ2) is 8.81. The second-order valence-electron chi connectivity index (χ2n) is 9.63. The monoisotopic (exact) mass is 466 g/mol. The Morgan fingerprint density at radius 2 is 2.09 bits per heavy atom. The molecule has 1 atom stereocenters. The van der Waals surface area contributed by atoms with Gasteiger partial charge < -0.3 is 19.8 Å². The van der Waals surface area contributed by atoms with E-state index in [9.17, 15) is 4.79 Å². The number of hydrogen-bond donors (Lipinski definition) is 1. The van der Waals surface area contributed by atoms with Crippen LogP contribution in [0.2, 0.25) is 0 Å². The van der Waals surface area contributed by atoms with E-state index < -0.39 is 11.5 Å². The highest BCUT2D eigenvalue weighted by atomic mass is 19.1. The summed E-state index contributed by atoms with van der Waals surface area (Å²) in [6.07, 6.45) is 2.48. The number of primary amides is 1. The molecule has 0 radical (unpaired) electrons. The van der Waals surface area contributed by atoms with Crippen molar-refractivity contribution in [2.75, 3.05) is 33.4 Å². The molecule has 2 aromatic rings. The summed E-state index contributed by atoms with van der Waals surface area (Å²) in [6, 6.07) is 3.61. The smallest absolute Gasteiger partial charge is 0.269 e. The van der Waals surface area contributed by atoms with Gasteiger partial charge in [-0.1, -0.05) is 18.8 Å². The Morgan fingerprint density at radius 1 is 1.35 bits per heavy atom. The lowest BCUT2D eigenvalue weighted by molar-refractivity contribution is 0.0326. The molecule has 2 N–H and O–H groups in total. The number of ether oxygens (including phenoxy) is 2. The number of hydrogen-bond acceptors (Lipinski definition) is 5. The number of methoxy groups -OCH3 is 1. The fraction of sp³-hybridized carbons (Fsp3) is 0.538. The minimum Gasteiger partial charge on any atom is -0.379 e. The maximum atomic E-state index is 15.1. The Kier molecular flexibility index (Phi) is 5.96. The van der Waals surface area contributed by atoms with Crippen LogP contribution in [0.1, 0.15) is 72.4 Å². The number of halogens is 1. The Hall–Kier alpha value is -2.73. The first-order valence-corrected chi connectivity index (χ1v) is 12.0. The Bertz CT molecular complexity index is 1180. The molecule has 2 fully saturated rings. The Labute approximate surface area is 199 Å². The third-order valence-electron chi connectivity index (χ3n) is 7.61. The highest BCUT2D eigenvalue weighted by molar-refractivity contribution is 5.93. The molecule has 2 bridgehead atoms. The van der Waals surface area contributed by atoms with Gasteiger partial charge >= 0.3 is 0 Å². The van der Waals surface area contributed by atoms with Gasteiger partial charge in [-0.05, 0) is 49.8 Å². The molecule has 7 nitrogen and oxygen atoms in total. The molecule has 8 heteroatoms. The van der Waals surface area contributed by atoms with E-state index in [0.717, 1.165) is 42.8 Å². The first-order chi connectivity index (χ1) is 16.3. The standard InChI is InChI=1S/C26H31FN4O3/c1-4-26(2,33-3)6-5-16-13-20-19(14-21(16)27)17-11-18(12-17)31-22(15-30-7-9-34-10-8-30)23(24(28)32)29-25(20)31/h13-14,17-18H,4,7-12,15H2,1-3H3,(H2,28,32). The van der Waals surface area contributed by atoms with Crippen molar-refractivity contribution in [1.29, 1.82) is 0 Å². The van der Waals surface area contributed by atoms with Crippen LogP contribution in [-0.4, -0.2) is 59.4 Å². The average molecular weight is 467 g/mol. The van der Waals surface area contributed by atoms with Crippen LogP contribution >= 0.6 is 0 Å². The molecule has 1 aliphatic carbocycles. The van der Waals surface area contributed by atoms with Gasteiger partial charge in [0.1, 0.15) is 17.2 Å². The zero-order valence-corrected chi connectivity index (χ0v) is 20.0. The van der Waals surface area contributed by atoms with E-state index in [1.54, 1.807) is 19.2 Å². The summed E-state index contributed by atoms with van der Waals surface area (Å²) >= 11 is 0. The van der Waals surface area contributed by atoms with Crippen molar-refractivity contribution < 1.29 is 18.7 Å². The molecule has 1 saturated carbocycles. The number of morpholine rings is 1. The number of carbonyl (C=O) groups is 1.